The Kier molecular flexibility index (Phi) is 2.94. The highest BCUT2D eigenvalue weighted by Crippen LogP contribution is 2.10. The third-order valence-electron chi connectivity index (χ3n) is 2.61. The zero-order valence-electron chi connectivity index (χ0n) is 9.41. The van der Waals surface area contributed by atoms with Gasteiger partial charge in [0.05, 0.1) is 6.54 Å². The number of aliphatic carboxylic acids is 1. The maximum atomic E-state index is 11.9. The molecule has 8 nitrogen and oxygen atoms in total. The summed E-state index contributed by atoms with van der Waals surface area (Å²) < 4.78 is 1.88. The summed E-state index contributed by atoms with van der Waals surface area (Å²) in [5, 5.41) is 16.3. The highest BCUT2D eigenvalue weighted by Gasteiger charge is 2.24. The normalized spacial score (nSPS) is 14.3. The summed E-state index contributed by atoms with van der Waals surface area (Å²) >= 11 is 0. The highest BCUT2D eigenvalue weighted by molar-refractivity contribution is 5.79. The van der Waals surface area contributed by atoms with Crippen molar-refractivity contribution in [3.8, 4) is 0 Å². The molecule has 0 unspecified atom stereocenters. The van der Waals surface area contributed by atoms with E-state index in [1.807, 2.05) is 4.57 Å². The largest absolute Gasteiger partial charge is 0.480 e. The fourth-order valence-corrected chi connectivity index (χ4v) is 1.74. The van der Waals surface area contributed by atoms with Crippen molar-refractivity contribution in [3.63, 3.8) is 0 Å². The van der Waals surface area contributed by atoms with Crippen LogP contribution in [0.4, 0.5) is 4.79 Å². The molecule has 0 fully saturated rings. The van der Waals surface area contributed by atoms with Crippen LogP contribution in [0.3, 0.4) is 0 Å². The fraction of sp³-hybridized carbons (Fsp3) is 0.556. The second-order valence-corrected chi connectivity index (χ2v) is 3.89. The van der Waals surface area contributed by atoms with Crippen LogP contribution in [-0.2, 0) is 17.9 Å². The Hall–Kier alpha value is -2.12. The van der Waals surface area contributed by atoms with E-state index >= 15 is 0 Å². The van der Waals surface area contributed by atoms with Crippen LogP contribution in [0.5, 0.6) is 0 Å². The summed E-state index contributed by atoms with van der Waals surface area (Å²) in [7, 11) is 1.47. The van der Waals surface area contributed by atoms with E-state index in [4.69, 9.17) is 5.11 Å². The van der Waals surface area contributed by atoms with Gasteiger partial charge < -0.3 is 19.5 Å². The molecule has 2 heterocycles. The Morgan fingerprint density at radius 3 is 3.00 bits per heavy atom. The molecule has 0 saturated heterocycles. The van der Waals surface area contributed by atoms with Gasteiger partial charge in [-0.15, -0.1) is 10.2 Å². The summed E-state index contributed by atoms with van der Waals surface area (Å²) in [6.45, 7) is 1.23. The molecule has 0 atom stereocenters. The first-order valence-electron chi connectivity index (χ1n) is 5.16. The van der Waals surface area contributed by atoms with Gasteiger partial charge in [0.15, 0.2) is 5.82 Å². The van der Waals surface area contributed by atoms with Gasteiger partial charge >= 0.3 is 12.0 Å². The third-order valence-corrected chi connectivity index (χ3v) is 2.61. The van der Waals surface area contributed by atoms with Gasteiger partial charge in [0.2, 0.25) is 0 Å². The number of rotatable bonds is 2. The second-order valence-electron chi connectivity index (χ2n) is 3.89. The number of fused-ring (bicyclic) bond motifs is 1. The van der Waals surface area contributed by atoms with Crippen molar-refractivity contribution >= 4 is 12.0 Å². The average Bonchev–Trinajstić information content (AvgIpc) is 2.73. The lowest BCUT2D eigenvalue weighted by molar-refractivity contribution is -0.137. The molecule has 2 rings (SSSR count). The van der Waals surface area contributed by atoms with Crippen LogP contribution < -0.4 is 0 Å². The second kappa shape index (κ2) is 4.40. The molecule has 2 amide bonds. The predicted octanol–water partition coefficient (Wildman–Crippen LogP) is -0.770. The average molecular weight is 239 g/mol. The van der Waals surface area contributed by atoms with Crippen LogP contribution >= 0.6 is 0 Å². The van der Waals surface area contributed by atoms with Crippen LogP contribution in [0.25, 0.3) is 0 Å². The van der Waals surface area contributed by atoms with E-state index in [0.29, 0.717) is 25.5 Å². The number of carboxylic acids is 1. The monoisotopic (exact) mass is 239 g/mol. The van der Waals surface area contributed by atoms with E-state index in [0.717, 1.165) is 0 Å². The van der Waals surface area contributed by atoms with Crippen molar-refractivity contribution in [2.45, 2.75) is 13.1 Å². The summed E-state index contributed by atoms with van der Waals surface area (Å²) in [6.07, 6.45) is 1.62. The quantitative estimate of drug-likeness (QED) is 0.731. The molecule has 0 spiro atoms. The molecule has 8 heteroatoms. The summed E-state index contributed by atoms with van der Waals surface area (Å²) in [5.41, 5.74) is 0. The zero-order valence-corrected chi connectivity index (χ0v) is 9.41. The summed E-state index contributed by atoms with van der Waals surface area (Å²) in [4.78, 5) is 25.1. The number of hydrogen-bond donors (Lipinski definition) is 1. The Morgan fingerprint density at radius 1 is 1.53 bits per heavy atom. The lowest BCUT2D eigenvalue weighted by atomic mass is 10.3. The number of urea groups is 1. The molecule has 1 aliphatic heterocycles. The van der Waals surface area contributed by atoms with Crippen molar-refractivity contribution in [3.05, 3.63) is 12.2 Å². The number of amides is 2. The minimum Gasteiger partial charge on any atom is -0.480 e. The minimum atomic E-state index is -1.03. The van der Waals surface area contributed by atoms with E-state index in [1.165, 1.54) is 11.9 Å². The molecule has 0 bridgehead atoms. The molecule has 1 aromatic heterocycles. The third kappa shape index (κ3) is 2.35. The van der Waals surface area contributed by atoms with Crippen molar-refractivity contribution in [2.75, 3.05) is 20.1 Å². The first-order chi connectivity index (χ1) is 8.08. The zero-order chi connectivity index (χ0) is 12.4. The number of nitrogens with zero attached hydrogens (tertiary/aromatic N) is 5. The summed E-state index contributed by atoms with van der Waals surface area (Å²) in [5.74, 6) is -0.311. The highest BCUT2D eigenvalue weighted by atomic mass is 16.4. The van der Waals surface area contributed by atoms with Gasteiger partial charge in [0.1, 0.15) is 12.9 Å². The van der Waals surface area contributed by atoms with E-state index in [2.05, 4.69) is 10.2 Å². The lowest BCUT2D eigenvalue weighted by Gasteiger charge is -2.30. The van der Waals surface area contributed by atoms with Crippen LogP contribution in [0.1, 0.15) is 5.82 Å². The Labute approximate surface area is 97.4 Å². The van der Waals surface area contributed by atoms with Crippen molar-refractivity contribution in [1.82, 2.24) is 24.6 Å². The van der Waals surface area contributed by atoms with Gasteiger partial charge in [-0.1, -0.05) is 0 Å². The number of likely N-dealkylation sites (N-methyl/N-ethyl adjacent to an activating group) is 1. The Morgan fingerprint density at radius 2 is 2.29 bits per heavy atom. The standard InChI is InChI=1S/C9H13N5O3/c1-12(5-8(15)16)9(17)13-2-3-14-6-10-11-7(14)4-13/h6H,2-5H2,1H3,(H,15,16). The Balaban J connectivity index is 2.00. The van der Waals surface area contributed by atoms with Crippen molar-refractivity contribution in [2.24, 2.45) is 0 Å². The van der Waals surface area contributed by atoms with Gasteiger partial charge in [0.25, 0.3) is 0 Å². The summed E-state index contributed by atoms with van der Waals surface area (Å²) in [6, 6.07) is -0.304. The van der Waals surface area contributed by atoms with Gasteiger partial charge in [-0.05, 0) is 0 Å². The molecule has 92 valence electrons. The minimum absolute atomic E-state index is 0.304. The van der Waals surface area contributed by atoms with Crippen LogP contribution in [-0.4, -0.2) is 61.8 Å². The van der Waals surface area contributed by atoms with Crippen LogP contribution in [0.2, 0.25) is 0 Å². The van der Waals surface area contributed by atoms with E-state index < -0.39 is 5.97 Å². The number of carboxylic acid groups (broad SMARTS) is 1. The van der Waals surface area contributed by atoms with Crippen molar-refractivity contribution in [1.29, 1.82) is 0 Å². The van der Waals surface area contributed by atoms with E-state index in [-0.39, 0.29) is 12.6 Å². The number of aromatic nitrogens is 3. The van der Waals surface area contributed by atoms with Gasteiger partial charge in [-0.3, -0.25) is 4.79 Å². The molecule has 1 aliphatic rings. The Bertz CT molecular complexity index is 444. The van der Waals surface area contributed by atoms with Crippen molar-refractivity contribution < 1.29 is 14.7 Å². The van der Waals surface area contributed by atoms with E-state index in [1.54, 1.807) is 11.2 Å². The molecule has 0 aliphatic carbocycles. The predicted molar refractivity (Wildman–Crippen MR) is 56.1 cm³/mol. The molecule has 17 heavy (non-hydrogen) atoms. The van der Waals surface area contributed by atoms with Crippen LogP contribution in [0.15, 0.2) is 6.33 Å². The molecule has 1 N–H and O–H groups in total. The molecule has 1 aromatic rings. The van der Waals surface area contributed by atoms with E-state index in [9.17, 15) is 9.59 Å². The maximum Gasteiger partial charge on any atom is 0.323 e. The molecular formula is C9H13N5O3. The molecule has 0 radical (unpaired) electrons. The SMILES string of the molecule is CN(CC(=O)O)C(=O)N1CCn2cnnc2C1. The van der Waals surface area contributed by atoms with Gasteiger partial charge in [0, 0.05) is 20.1 Å². The molecule has 0 saturated carbocycles. The number of hydrogen-bond acceptors (Lipinski definition) is 4. The molecular weight excluding hydrogens is 226 g/mol. The topological polar surface area (TPSA) is 91.6 Å². The number of carbonyl (C=O) groups is 2. The van der Waals surface area contributed by atoms with Crippen LogP contribution in [0, 0.1) is 0 Å². The van der Waals surface area contributed by atoms with Gasteiger partial charge in [-0.25, -0.2) is 4.79 Å². The number of carbonyl (C=O) groups excluding carboxylic acids is 1. The first kappa shape index (κ1) is 11.4. The lowest BCUT2D eigenvalue weighted by Crippen LogP contribution is -2.46. The smallest absolute Gasteiger partial charge is 0.323 e. The fourth-order valence-electron chi connectivity index (χ4n) is 1.74. The van der Waals surface area contributed by atoms with Gasteiger partial charge in [-0.2, -0.15) is 0 Å². The molecule has 0 aromatic carbocycles. The first-order valence-corrected chi connectivity index (χ1v) is 5.16. The maximum absolute atomic E-state index is 11.9.